The lowest BCUT2D eigenvalue weighted by atomic mass is 10.1. The normalized spacial score (nSPS) is 14.9. The summed E-state index contributed by atoms with van der Waals surface area (Å²) in [6.07, 6.45) is 3.81. The maximum absolute atomic E-state index is 11.8. The molecule has 1 aromatic rings. The molecule has 0 radical (unpaired) electrons. The molecule has 0 amide bonds. The molecule has 2 atom stereocenters. The van der Waals surface area contributed by atoms with E-state index in [2.05, 4.69) is 10.3 Å². The molecule has 19 heavy (non-hydrogen) atoms. The van der Waals surface area contributed by atoms with Crippen LogP contribution >= 0.6 is 0 Å². The van der Waals surface area contributed by atoms with Crippen molar-refractivity contribution in [2.45, 2.75) is 31.6 Å². The fraction of sp³-hybridized carbons (Fsp3) is 0.615. The van der Waals surface area contributed by atoms with Gasteiger partial charge >= 0.3 is 0 Å². The average Bonchev–Trinajstić information content (AvgIpc) is 2.38. The van der Waals surface area contributed by atoms with Crippen molar-refractivity contribution in [2.75, 3.05) is 19.9 Å². The van der Waals surface area contributed by atoms with Crippen molar-refractivity contribution < 1.29 is 13.2 Å². The maximum Gasteiger partial charge on any atom is 0.151 e. The topological polar surface area (TPSA) is 68.3 Å². The molecular weight excluding hydrogens is 264 g/mol. The smallest absolute Gasteiger partial charge is 0.151 e. The molecule has 0 saturated heterocycles. The van der Waals surface area contributed by atoms with E-state index in [1.54, 1.807) is 32.4 Å². The van der Waals surface area contributed by atoms with Crippen LogP contribution in [0, 0.1) is 0 Å². The minimum Gasteiger partial charge on any atom is -0.495 e. The summed E-state index contributed by atoms with van der Waals surface area (Å²) in [5, 5.41) is 2.68. The number of hydrogen-bond donors (Lipinski definition) is 1. The number of ether oxygens (including phenoxy) is 1. The van der Waals surface area contributed by atoms with Crippen LogP contribution in [0.4, 0.5) is 0 Å². The first-order chi connectivity index (χ1) is 8.91. The molecule has 0 fully saturated rings. The molecule has 0 saturated carbocycles. The van der Waals surface area contributed by atoms with E-state index in [0.29, 0.717) is 11.4 Å². The van der Waals surface area contributed by atoms with E-state index in [9.17, 15) is 8.42 Å². The van der Waals surface area contributed by atoms with E-state index < -0.39 is 15.1 Å². The van der Waals surface area contributed by atoms with Crippen LogP contribution in [0.1, 0.15) is 32.0 Å². The summed E-state index contributed by atoms with van der Waals surface area (Å²) in [7, 11) is -1.61. The Morgan fingerprint density at radius 2 is 2.16 bits per heavy atom. The lowest BCUT2D eigenvalue weighted by Crippen LogP contribution is -2.36. The van der Waals surface area contributed by atoms with Crippen molar-refractivity contribution >= 4 is 9.84 Å². The number of nitrogens with one attached hydrogen (secondary N) is 1. The van der Waals surface area contributed by atoms with Gasteiger partial charge in [0.05, 0.1) is 18.4 Å². The molecule has 1 aromatic heterocycles. The molecule has 0 aliphatic heterocycles. The Labute approximate surface area is 115 Å². The second kappa shape index (κ2) is 6.86. The van der Waals surface area contributed by atoms with Gasteiger partial charge in [-0.2, -0.15) is 0 Å². The molecule has 0 aromatic carbocycles. The minimum atomic E-state index is -3.16. The molecule has 0 spiro atoms. The van der Waals surface area contributed by atoms with Crippen LogP contribution in [-0.2, 0) is 9.84 Å². The number of nitrogens with zero attached hydrogens (tertiary/aromatic N) is 1. The van der Waals surface area contributed by atoms with Crippen molar-refractivity contribution in [3.05, 3.63) is 24.0 Å². The number of methoxy groups -OCH3 is 1. The summed E-state index contributed by atoms with van der Waals surface area (Å²) in [6.45, 7) is 4.45. The van der Waals surface area contributed by atoms with Crippen molar-refractivity contribution in [2.24, 2.45) is 0 Å². The summed E-state index contributed by atoms with van der Waals surface area (Å²) in [5.74, 6) is 0.603. The third kappa shape index (κ3) is 4.18. The van der Waals surface area contributed by atoms with Crippen LogP contribution < -0.4 is 10.1 Å². The summed E-state index contributed by atoms with van der Waals surface area (Å²) >= 11 is 0. The first-order valence-electron chi connectivity index (χ1n) is 6.33. The highest BCUT2D eigenvalue weighted by molar-refractivity contribution is 7.91. The number of aromatic nitrogens is 1. The van der Waals surface area contributed by atoms with E-state index in [0.717, 1.165) is 13.0 Å². The molecule has 0 bridgehead atoms. The Kier molecular flexibility index (Phi) is 5.75. The van der Waals surface area contributed by atoms with Gasteiger partial charge in [0.15, 0.2) is 9.84 Å². The molecule has 1 N–H and O–H groups in total. The van der Waals surface area contributed by atoms with Crippen molar-refractivity contribution in [3.63, 3.8) is 0 Å². The zero-order chi connectivity index (χ0) is 14.5. The zero-order valence-electron chi connectivity index (χ0n) is 11.9. The Hall–Kier alpha value is -1.14. The first-order valence-corrected chi connectivity index (χ1v) is 8.28. The lowest BCUT2D eigenvalue weighted by molar-refractivity contribution is 0.391. The molecule has 108 valence electrons. The molecule has 6 heteroatoms. The van der Waals surface area contributed by atoms with Gasteiger partial charge in [-0.3, -0.25) is 4.98 Å². The van der Waals surface area contributed by atoms with Crippen LogP contribution in [0.3, 0.4) is 0 Å². The monoisotopic (exact) mass is 286 g/mol. The van der Waals surface area contributed by atoms with Gasteiger partial charge in [-0.1, -0.05) is 6.92 Å². The lowest BCUT2D eigenvalue weighted by Gasteiger charge is -2.24. The van der Waals surface area contributed by atoms with E-state index in [1.807, 2.05) is 6.92 Å². The fourth-order valence-corrected chi connectivity index (χ4v) is 2.56. The minimum absolute atomic E-state index is 0.369. The average molecular weight is 286 g/mol. The van der Waals surface area contributed by atoms with Crippen molar-refractivity contribution in [3.8, 4) is 5.75 Å². The van der Waals surface area contributed by atoms with Gasteiger partial charge in [0.25, 0.3) is 0 Å². The van der Waals surface area contributed by atoms with Crippen molar-refractivity contribution in [1.29, 1.82) is 0 Å². The molecule has 5 nitrogen and oxygen atoms in total. The Morgan fingerprint density at radius 1 is 1.47 bits per heavy atom. The van der Waals surface area contributed by atoms with Gasteiger partial charge in [0.1, 0.15) is 11.4 Å². The van der Waals surface area contributed by atoms with Gasteiger partial charge in [0.2, 0.25) is 0 Å². The molecule has 1 rings (SSSR count). The summed E-state index contributed by atoms with van der Waals surface area (Å²) in [5.41, 5.74) is 0.636. The van der Waals surface area contributed by atoms with Crippen LogP contribution in [0.5, 0.6) is 5.75 Å². The highest BCUT2D eigenvalue weighted by Gasteiger charge is 2.29. The number of pyridine rings is 1. The highest BCUT2D eigenvalue weighted by Crippen LogP contribution is 2.27. The van der Waals surface area contributed by atoms with Gasteiger partial charge < -0.3 is 10.1 Å². The predicted molar refractivity (Wildman–Crippen MR) is 76.1 cm³/mol. The Balaban J connectivity index is 3.16. The van der Waals surface area contributed by atoms with E-state index in [-0.39, 0.29) is 6.04 Å². The molecular formula is C13H22N2O3S. The Bertz CT molecular complexity index is 502. The van der Waals surface area contributed by atoms with Crippen LogP contribution in [0.25, 0.3) is 0 Å². The quantitative estimate of drug-likeness (QED) is 0.824. The SMILES string of the molecule is CCCNC(c1ncccc1OC)C(C)S(C)(=O)=O. The van der Waals surface area contributed by atoms with Gasteiger partial charge in [0, 0.05) is 12.5 Å². The van der Waals surface area contributed by atoms with Gasteiger partial charge in [-0.05, 0) is 32.0 Å². The van der Waals surface area contributed by atoms with Crippen LogP contribution in [-0.4, -0.2) is 38.6 Å². The van der Waals surface area contributed by atoms with Crippen molar-refractivity contribution in [1.82, 2.24) is 10.3 Å². The van der Waals surface area contributed by atoms with Crippen LogP contribution in [0.15, 0.2) is 18.3 Å². The highest BCUT2D eigenvalue weighted by atomic mass is 32.2. The van der Waals surface area contributed by atoms with E-state index >= 15 is 0 Å². The summed E-state index contributed by atoms with van der Waals surface area (Å²) in [4.78, 5) is 4.29. The number of rotatable bonds is 7. The maximum atomic E-state index is 11.8. The summed E-state index contributed by atoms with van der Waals surface area (Å²) < 4.78 is 28.9. The van der Waals surface area contributed by atoms with E-state index in [4.69, 9.17) is 4.74 Å². The summed E-state index contributed by atoms with van der Waals surface area (Å²) in [6, 6.07) is 3.19. The largest absolute Gasteiger partial charge is 0.495 e. The third-order valence-corrected chi connectivity index (χ3v) is 4.70. The van der Waals surface area contributed by atoms with Crippen LogP contribution in [0.2, 0.25) is 0 Å². The first kappa shape index (κ1) is 15.9. The predicted octanol–water partition coefficient (Wildman–Crippen LogP) is 1.56. The van der Waals surface area contributed by atoms with Gasteiger partial charge in [-0.25, -0.2) is 8.42 Å². The van der Waals surface area contributed by atoms with E-state index in [1.165, 1.54) is 6.26 Å². The number of hydrogen-bond acceptors (Lipinski definition) is 5. The second-order valence-electron chi connectivity index (χ2n) is 4.56. The molecule has 1 heterocycles. The van der Waals surface area contributed by atoms with Gasteiger partial charge in [-0.15, -0.1) is 0 Å². The standard InChI is InChI=1S/C13H22N2O3S/c1-5-8-14-12(10(2)19(4,16)17)13-11(18-3)7-6-9-15-13/h6-7,9-10,12,14H,5,8H2,1-4H3. The second-order valence-corrected chi connectivity index (χ2v) is 6.96. The molecule has 2 unspecified atom stereocenters. The molecule has 0 aliphatic carbocycles. The third-order valence-electron chi connectivity index (χ3n) is 3.07. The molecule has 0 aliphatic rings. The fourth-order valence-electron chi connectivity index (χ4n) is 1.84. The Morgan fingerprint density at radius 3 is 2.68 bits per heavy atom. The zero-order valence-corrected chi connectivity index (χ0v) is 12.7. The number of sulfone groups is 1.